The van der Waals surface area contributed by atoms with Gasteiger partial charge in [-0.2, -0.15) is 8.42 Å². The summed E-state index contributed by atoms with van der Waals surface area (Å²) >= 11 is 0.629. The van der Waals surface area contributed by atoms with Crippen LogP contribution >= 0.6 is 11.8 Å². The molecule has 1 N–H and O–H groups in total. The van der Waals surface area contributed by atoms with Crippen molar-refractivity contribution in [3.8, 4) is 0 Å². The van der Waals surface area contributed by atoms with Gasteiger partial charge >= 0.3 is 109 Å². The van der Waals surface area contributed by atoms with E-state index in [1.165, 1.54) is 0 Å². The number of hydrogen-bond acceptors (Lipinski definition) is 19. The van der Waals surface area contributed by atoms with Gasteiger partial charge in [0.25, 0.3) is 0 Å². The molecular formula is C25H36CsNO18S2. The summed E-state index contributed by atoms with van der Waals surface area (Å²) in [5.74, 6) is -5.00. The van der Waals surface area contributed by atoms with Crippen LogP contribution in [-0.4, -0.2) is 129 Å². The molecule has 0 radical (unpaired) electrons. The number of methoxy groups -OCH3 is 1. The minimum absolute atomic E-state index is 0. The van der Waals surface area contributed by atoms with Crippen LogP contribution in [0.3, 0.4) is 0 Å². The van der Waals surface area contributed by atoms with E-state index in [9.17, 15) is 42.0 Å². The molecule has 2 saturated heterocycles. The second-order valence-corrected chi connectivity index (χ2v) is 12.2. The summed E-state index contributed by atoms with van der Waals surface area (Å²) in [6.07, 6.45) is -10.7. The molecule has 0 spiro atoms. The molecule has 0 aliphatic carbocycles. The van der Waals surface area contributed by atoms with Crippen molar-refractivity contribution < 1.29 is 153 Å². The Hall–Kier alpha value is -1.03. The fraction of sp³-hybridized carbons (Fsp3) is 0.760. The molecule has 262 valence electrons. The van der Waals surface area contributed by atoms with Gasteiger partial charge in [0.1, 0.15) is 43.0 Å². The molecule has 2 aliphatic heterocycles. The molecule has 0 aromatic rings. The van der Waals surface area contributed by atoms with Crippen molar-refractivity contribution >= 4 is 57.9 Å². The van der Waals surface area contributed by atoms with Crippen LogP contribution in [0.25, 0.3) is 0 Å². The minimum Gasteiger partial charge on any atom is -0.862 e. The summed E-state index contributed by atoms with van der Waals surface area (Å²) in [5.41, 5.74) is -1.46. The summed E-state index contributed by atoms with van der Waals surface area (Å²) in [6.45, 7) is 5.19. The van der Waals surface area contributed by atoms with Crippen LogP contribution in [0.4, 0.5) is 0 Å². The summed E-state index contributed by atoms with van der Waals surface area (Å²) in [7, 11) is -4.16. The molecular weight excluding hydrogens is 799 g/mol. The van der Waals surface area contributed by atoms with Gasteiger partial charge in [0, 0.05) is 41.7 Å². The quantitative estimate of drug-likeness (QED) is 0.0602. The summed E-state index contributed by atoms with van der Waals surface area (Å²) < 4.78 is 82.1. The fourth-order valence-corrected chi connectivity index (χ4v) is 6.79. The Kier molecular flexibility index (Phi) is 18.7. The normalized spacial score (nSPS) is 31.0. The first-order chi connectivity index (χ1) is 21.3. The van der Waals surface area contributed by atoms with Crippen molar-refractivity contribution in [2.24, 2.45) is 4.99 Å². The first-order valence-corrected chi connectivity index (χ1v) is 15.8. The molecule has 0 saturated carbocycles. The fourth-order valence-electron chi connectivity index (χ4n) is 4.63. The Labute approximate surface area is 333 Å². The van der Waals surface area contributed by atoms with E-state index in [2.05, 4.69) is 4.99 Å². The number of aliphatic imine (C=N–C) groups is 1. The molecule has 2 fully saturated rings. The third-order valence-electron chi connectivity index (χ3n) is 6.10. The number of thioether (sulfide) groups is 1. The van der Waals surface area contributed by atoms with Gasteiger partial charge in [-0.1, -0.05) is 0 Å². The van der Waals surface area contributed by atoms with Crippen LogP contribution in [0.15, 0.2) is 4.99 Å². The maximum Gasteiger partial charge on any atom is 1.00 e. The zero-order valence-corrected chi connectivity index (χ0v) is 34.8. The molecule has 0 bridgehead atoms. The van der Waals surface area contributed by atoms with Gasteiger partial charge in [-0.3, -0.25) is 33.5 Å². The number of carbonyl (C=O) groups excluding carboxylic acids is 5. The van der Waals surface area contributed by atoms with E-state index in [-0.39, 0.29) is 68.9 Å². The number of rotatable bonds is 13. The Bertz CT molecular complexity index is 1260. The van der Waals surface area contributed by atoms with Crippen molar-refractivity contribution in [2.75, 3.05) is 20.3 Å². The van der Waals surface area contributed by atoms with Gasteiger partial charge in [-0.25, -0.2) is 4.18 Å². The second-order valence-electron chi connectivity index (χ2n) is 9.88. The average Bonchev–Trinajstić information content (AvgIpc) is 2.90. The first-order valence-electron chi connectivity index (χ1n) is 13.5. The van der Waals surface area contributed by atoms with Gasteiger partial charge in [-0.15, -0.1) is 11.8 Å². The SMILES string of the molecule is CO[C@H]1O[C@H](COC(C)=O)[C@@H](S[C@@H]2O[C@H](COC(C)=O)[C@@H](OC(C)=O)[C@H](OC(C)=O)[C@H]2N=C(C)[O-])[C@H](OS(=O)(=O)O)[C@H]1OC(C)=O.[Cs+]. The molecule has 10 atom stereocenters. The zero-order chi connectivity index (χ0) is 34.9. The number of hydrogen-bond donors (Lipinski definition) is 1. The number of carbonyl (C=O) groups is 5. The number of esters is 5. The van der Waals surface area contributed by atoms with E-state index in [4.69, 9.17) is 42.1 Å². The zero-order valence-electron chi connectivity index (χ0n) is 26.8. The van der Waals surface area contributed by atoms with Crippen LogP contribution in [-0.2, 0) is 76.4 Å². The summed E-state index contributed by atoms with van der Waals surface area (Å²) in [4.78, 5) is 63.6. The Morgan fingerprint density at radius 1 is 0.766 bits per heavy atom. The molecule has 22 heteroatoms. The van der Waals surface area contributed by atoms with Crippen LogP contribution in [0.1, 0.15) is 41.5 Å². The van der Waals surface area contributed by atoms with Gasteiger partial charge in [0.15, 0.2) is 24.6 Å². The molecule has 0 aromatic carbocycles. The standard InChI is InChI=1S/C25H37NO18S2.Cs/c1-10(27)26-18-20(40-14(5)31)19(39-13(4)30)16(8-37-11(2)28)43-25(18)45-23-17(9-38-12(3)29)42-24(36-7)22(41-15(6)32)21(23)44-46(33,34)35;/h16-25H,8-9H2,1-7H3,(H,26,27)(H,33,34,35);/q;+1/p-1/t16-,17-,18-,19-,20-,21-,22-,23-,24+,25+;/m1./s1. The summed E-state index contributed by atoms with van der Waals surface area (Å²) in [5, 5.41) is 10.9. The predicted octanol–water partition coefficient (Wildman–Crippen LogP) is -4.55. The predicted molar refractivity (Wildman–Crippen MR) is 149 cm³/mol. The molecule has 47 heavy (non-hydrogen) atoms. The van der Waals surface area contributed by atoms with Crippen LogP contribution in [0.5, 0.6) is 0 Å². The molecule has 19 nitrogen and oxygen atoms in total. The van der Waals surface area contributed by atoms with E-state index >= 15 is 0 Å². The Morgan fingerprint density at radius 2 is 1.26 bits per heavy atom. The van der Waals surface area contributed by atoms with Crippen LogP contribution in [0.2, 0.25) is 0 Å². The number of ether oxygens (including phenoxy) is 8. The average molecular weight is 836 g/mol. The maximum absolute atomic E-state index is 12.3. The van der Waals surface area contributed by atoms with Crippen LogP contribution < -0.4 is 74.0 Å². The third kappa shape index (κ3) is 14.4. The molecule has 0 unspecified atom stereocenters. The van der Waals surface area contributed by atoms with Gasteiger partial charge in [0.05, 0.1) is 5.25 Å². The van der Waals surface area contributed by atoms with Crippen molar-refractivity contribution in [3.05, 3.63) is 0 Å². The van der Waals surface area contributed by atoms with E-state index in [0.717, 1.165) is 48.7 Å². The van der Waals surface area contributed by atoms with Crippen molar-refractivity contribution in [1.29, 1.82) is 0 Å². The molecule has 2 heterocycles. The molecule has 0 aromatic heterocycles. The van der Waals surface area contributed by atoms with Crippen LogP contribution in [0, 0.1) is 0 Å². The van der Waals surface area contributed by atoms with Gasteiger partial charge < -0.3 is 43.0 Å². The van der Waals surface area contributed by atoms with E-state index in [1.807, 2.05) is 0 Å². The molecule has 2 aliphatic rings. The topological polar surface area (TPSA) is 258 Å². The second kappa shape index (κ2) is 20.0. The van der Waals surface area contributed by atoms with Crippen molar-refractivity contribution in [2.45, 2.75) is 101 Å². The molecule has 2 rings (SSSR count). The Balaban J connectivity index is 0.0000110. The third-order valence-corrected chi connectivity index (χ3v) is 8.11. The smallest absolute Gasteiger partial charge is 0.862 e. The largest absolute Gasteiger partial charge is 1.00 e. The monoisotopic (exact) mass is 835 g/mol. The Morgan fingerprint density at radius 3 is 1.70 bits per heavy atom. The van der Waals surface area contributed by atoms with E-state index in [1.54, 1.807) is 0 Å². The van der Waals surface area contributed by atoms with Gasteiger partial charge in [0.2, 0.25) is 0 Å². The van der Waals surface area contributed by atoms with E-state index < -0.39 is 119 Å². The summed E-state index contributed by atoms with van der Waals surface area (Å²) in [6, 6.07) is -1.49. The van der Waals surface area contributed by atoms with Crippen molar-refractivity contribution in [1.82, 2.24) is 0 Å². The maximum atomic E-state index is 12.3. The van der Waals surface area contributed by atoms with Gasteiger partial charge in [-0.05, 0) is 12.8 Å². The minimum atomic E-state index is -5.29. The number of nitrogens with zero attached hydrogens (tertiary/aromatic N) is 1. The first kappa shape index (κ1) is 44.0. The van der Waals surface area contributed by atoms with E-state index in [0.29, 0.717) is 11.8 Å². The molecule has 0 amide bonds. The van der Waals surface area contributed by atoms with Crippen molar-refractivity contribution in [3.63, 3.8) is 0 Å².